The van der Waals surface area contributed by atoms with Gasteiger partial charge in [-0.05, 0) is 51.0 Å². The minimum atomic E-state index is -3.03. The normalized spacial score (nSPS) is 25.0. The second kappa shape index (κ2) is 8.94. The lowest BCUT2D eigenvalue weighted by atomic mass is 9.97. The molecule has 1 aliphatic carbocycles. The SMILES string of the molecule is CCO[Si](OCC)(OCC)O[C@@H]1CC(c2ccccc2)C[C@@H]1C. The highest BCUT2D eigenvalue weighted by Gasteiger charge is 2.49. The van der Waals surface area contributed by atoms with Crippen LogP contribution in [0.2, 0.25) is 0 Å². The van der Waals surface area contributed by atoms with Crippen LogP contribution in [-0.2, 0) is 17.7 Å². The Morgan fingerprint density at radius 1 is 0.913 bits per heavy atom. The molecule has 3 atom stereocenters. The summed E-state index contributed by atoms with van der Waals surface area (Å²) in [6.45, 7) is 9.72. The van der Waals surface area contributed by atoms with Gasteiger partial charge >= 0.3 is 9.05 Å². The third kappa shape index (κ3) is 4.87. The van der Waals surface area contributed by atoms with Crippen molar-refractivity contribution in [1.82, 2.24) is 0 Å². The molecule has 0 radical (unpaired) electrons. The molecule has 1 aliphatic rings. The first-order chi connectivity index (χ1) is 11.1. The zero-order valence-corrected chi connectivity index (χ0v) is 15.8. The molecule has 2 rings (SSSR count). The van der Waals surface area contributed by atoms with Gasteiger partial charge in [0.05, 0.1) is 6.10 Å². The maximum Gasteiger partial charge on any atom is 0.679 e. The van der Waals surface area contributed by atoms with Crippen LogP contribution in [0.3, 0.4) is 0 Å². The van der Waals surface area contributed by atoms with Crippen LogP contribution in [0.4, 0.5) is 0 Å². The third-order valence-corrected chi connectivity index (χ3v) is 6.86. The highest BCUT2D eigenvalue weighted by molar-refractivity contribution is 6.53. The molecule has 130 valence electrons. The monoisotopic (exact) mass is 338 g/mol. The molecule has 0 amide bonds. The molecule has 0 aliphatic heterocycles. The average molecular weight is 339 g/mol. The quantitative estimate of drug-likeness (QED) is 0.634. The zero-order valence-electron chi connectivity index (χ0n) is 14.8. The van der Waals surface area contributed by atoms with Crippen molar-refractivity contribution in [3.63, 3.8) is 0 Å². The molecule has 0 aromatic heterocycles. The number of hydrogen-bond acceptors (Lipinski definition) is 4. The summed E-state index contributed by atoms with van der Waals surface area (Å²) in [5.41, 5.74) is 1.39. The van der Waals surface area contributed by atoms with Crippen molar-refractivity contribution in [2.75, 3.05) is 19.8 Å². The summed E-state index contributed by atoms with van der Waals surface area (Å²) in [6, 6.07) is 10.7. The second-order valence-electron chi connectivity index (χ2n) is 6.01. The van der Waals surface area contributed by atoms with Crippen LogP contribution < -0.4 is 0 Å². The molecule has 23 heavy (non-hydrogen) atoms. The molecular formula is C18H30O4Si. The summed E-state index contributed by atoms with van der Waals surface area (Å²) in [6.07, 6.45) is 2.24. The van der Waals surface area contributed by atoms with Gasteiger partial charge in [-0.25, -0.2) is 0 Å². The molecule has 1 unspecified atom stereocenters. The minimum absolute atomic E-state index is 0.122. The highest BCUT2D eigenvalue weighted by Crippen LogP contribution is 2.41. The van der Waals surface area contributed by atoms with Crippen LogP contribution >= 0.6 is 0 Å². The van der Waals surface area contributed by atoms with E-state index in [9.17, 15) is 0 Å². The third-order valence-electron chi connectivity index (χ3n) is 4.34. The maximum absolute atomic E-state index is 6.36. The Kier molecular flexibility index (Phi) is 7.24. The van der Waals surface area contributed by atoms with E-state index in [0.29, 0.717) is 31.7 Å². The summed E-state index contributed by atoms with van der Waals surface area (Å²) in [4.78, 5) is 0. The predicted molar refractivity (Wildman–Crippen MR) is 93.1 cm³/mol. The van der Waals surface area contributed by atoms with Crippen LogP contribution in [0.5, 0.6) is 0 Å². The summed E-state index contributed by atoms with van der Waals surface area (Å²) in [7, 11) is -3.03. The molecule has 1 aromatic rings. The van der Waals surface area contributed by atoms with Gasteiger partial charge in [0.2, 0.25) is 0 Å². The molecule has 0 bridgehead atoms. The summed E-state index contributed by atoms with van der Waals surface area (Å²) in [5, 5.41) is 0. The van der Waals surface area contributed by atoms with Crippen molar-refractivity contribution in [2.45, 2.75) is 52.6 Å². The lowest BCUT2D eigenvalue weighted by Crippen LogP contribution is -2.52. The van der Waals surface area contributed by atoms with Crippen LogP contribution in [0.1, 0.15) is 52.0 Å². The van der Waals surface area contributed by atoms with Gasteiger partial charge < -0.3 is 17.7 Å². The highest BCUT2D eigenvalue weighted by atomic mass is 28.4. The van der Waals surface area contributed by atoms with Crippen LogP contribution in [0.25, 0.3) is 0 Å². The standard InChI is InChI=1S/C18H30O4Si/c1-5-19-23(20-6-2,21-7-3)22-18-14-17(13-15(18)4)16-11-9-8-10-12-16/h8-12,15,17-18H,5-7,13-14H2,1-4H3/t15-,17?,18+/m0/s1. The predicted octanol–water partition coefficient (Wildman–Crippen LogP) is 4.13. The lowest BCUT2D eigenvalue weighted by Gasteiger charge is -2.31. The van der Waals surface area contributed by atoms with Crippen molar-refractivity contribution in [3.8, 4) is 0 Å². The van der Waals surface area contributed by atoms with Gasteiger partial charge in [0.25, 0.3) is 0 Å². The van der Waals surface area contributed by atoms with Crippen molar-refractivity contribution >= 4 is 9.05 Å². The molecule has 0 spiro atoms. The van der Waals surface area contributed by atoms with E-state index < -0.39 is 9.05 Å². The Bertz CT molecular complexity index is 437. The van der Waals surface area contributed by atoms with Crippen molar-refractivity contribution < 1.29 is 17.7 Å². The smallest absolute Gasteiger partial charge is 0.351 e. The van der Waals surface area contributed by atoms with Crippen LogP contribution in [0, 0.1) is 5.92 Å². The van der Waals surface area contributed by atoms with E-state index in [4.69, 9.17) is 17.7 Å². The van der Waals surface area contributed by atoms with E-state index in [0.717, 1.165) is 12.8 Å². The number of hydrogen-bond donors (Lipinski definition) is 0. The molecule has 5 heteroatoms. The lowest BCUT2D eigenvalue weighted by molar-refractivity contribution is -0.0566. The number of rotatable bonds is 9. The Labute approximate surface area is 141 Å². The molecule has 1 aromatic carbocycles. The molecule has 1 saturated carbocycles. The molecule has 0 heterocycles. The minimum Gasteiger partial charge on any atom is -0.351 e. The van der Waals surface area contributed by atoms with Crippen LogP contribution in [-0.4, -0.2) is 35.0 Å². The number of benzene rings is 1. The molecule has 0 N–H and O–H groups in total. The molecule has 1 fully saturated rings. The van der Waals surface area contributed by atoms with E-state index >= 15 is 0 Å². The largest absolute Gasteiger partial charge is 0.679 e. The van der Waals surface area contributed by atoms with Gasteiger partial charge in [0.15, 0.2) is 0 Å². The van der Waals surface area contributed by atoms with Gasteiger partial charge in [0, 0.05) is 19.8 Å². The van der Waals surface area contributed by atoms with Crippen molar-refractivity contribution in [3.05, 3.63) is 35.9 Å². The van der Waals surface area contributed by atoms with Gasteiger partial charge in [-0.2, -0.15) is 0 Å². The van der Waals surface area contributed by atoms with Crippen LogP contribution in [0.15, 0.2) is 30.3 Å². The van der Waals surface area contributed by atoms with Crippen molar-refractivity contribution in [2.24, 2.45) is 5.92 Å². The zero-order chi connectivity index (χ0) is 16.7. The molecule has 0 saturated heterocycles. The van der Waals surface area contributed by atoms with E-state index in [1.165, 1.54) is 5.56 Å². The summed E-state index contributed by atoms with van der Waals surface area (Å²) < 4.78 is 23.9. The first-order valence-electron chi connectivity index (χ1n) is 8.78. The van der Waals surface area contributed by atoms with E-state index in [-0.39, 0.29) is 6.10 Å². The van der Waals surface area contributed by atoms with Gasteiger partial charge in [0.1, 0.15) is 0 Å². The Hall–Kier alpha value is -0.723. The summed E-state index contributed by atoms with van der Waals surface area (Å²) >= 11 is 0. The summed E-state index contributed by atoms with van der Waals surface area (Å²) in [5.74, 6) is 1.00. The van der Waals surface area contributed by atoms with E-state index in [1.807, 2.05) is 20.8 Å². The first-order valence-corrected chi connectivity index (χ1v) is 10.4. The van der Waals surface area contributed by atoms with Crippen molar-refractivity contribution in [1.29, 1.82) is 0 Å². The molecular weight excluding hydrogens is 308 g/mol. The topological polar surface area (TPSA) is 36.9 Å². The fourth-order valence-electron chi connectivity index (χ4n) is 3.31. The Balaban J connectivity index is 2.07. The average Bonchev–Trinajstić information content (AvgIpc) is 2.90. The molecule has 4 nitrogen and oxygen atoms in total. The van der Waals surface area contributed by atoms with Gasteiger partial charge in [-0.3, -0.25) is 0 Å². The fraction of sp³-hybridized carbons (Fsp3) is 0.667. The Morgan fingerprint density at radius 2 is 1.48 bits per heavy atom. The Morgan fingerprint density at radius 3 is 2.00 bits per heavy atom. The van der Waals surface area contributed by atoms with E-state index in [1.54, 1.807) is 0 Å². The first kappa shape index (κ1) is 18.6. The second-order valence-corrected chi connectivity index (χ2v) is 8.11. The van der Waals surface area contributed by atoms with Gasteiger partial charge in [-0.1, -0.05) is 37.3 Å². The maximum atomic E-state index is 6.36. The van der Waals surface area contributed by atoms with Gasteiger partial charge in [-0.15, -0.1) is 0 Å². The fourth-order valence-corrected chi connectivity index (χ4v) is 5.53. The van der Waals surface area contributed by atoms with E-state index in [2.05, 4.69) is 37.3 Å².